The summed E-state index contributed by atoms with van der Waals surface area (Å²) in [5.74, 6) is 0.443. The number of nitrogens with zero attached hydrogens (tertiary/aromatic N) is 3. The van der Waals surface area contributed by atoms with E-state index in [0.29, 0.717) is 18.0 Å². The maximum atomic E-state index is 13.0. The summed E-state index contributed by atoms with van der Waals surface area (Å²) in [5, 5.41) is 0. The number of benzene rings is 2. The van der Waals surface area contributed by atoms with Crippen LogP contribution in [0.2, 0.25) is 0 Å². The summed E-state index contributed by atoms with van der Waals surface area (Å²) in [6.07, 6.45) is 3.15. The van der Waals surface area contributed by atoms with Gasteiger partial charge in [-0.2, -0.15) is 0 Å². The first kappa shape index (κ1) is 21.8. The Bertz CT molecular complexity index is 922. The Morgan fingerprint density at radius 2 is 1.87 bits per heavy atom. The van der Waals surface area contributed by atoms with Crippen LogP contribution in [0.5, 0.6) is 5.75 Å². The molecule has 164 valence electrons. The summed E-state index contributed by atoms with van der Waals surface area (Å²) in [7, 11) is 0. The molecule has 2 aromatic rings. The standard InChI is InChI=1S/C24H28BrN3O3/c25-20-9-10-21-22(16-20)31-18-24(30)28(21)17-23(29)27-13-5-12-26(14-15-27)11-4-8-19-6-2-1-3-7-19/h1-3,6-7,9-10,16H,4-5,8,11-15,17-18H2. The molecule has 0 aromatic heterocycles. The van der Waals surface area contributed by atoms with Crippen LogP contribution >= 0.6 is 15.9 Å². The molecule has 0 unspecified atom stereocenters. The fourth-order valence-electron chi connectivity index (χ4n) is 4.18. The van der Waals surface area contributed by atoms with Crippen LogP contribution in [0, 0.1) is 0 Å². The first-order chi connectivity index (χ1) is 15.1. The number of hydrogen-bond donors (Lipinski definition) is 0. The molecule has 7 heteroatoms. The second-order valence-corrected chi connectivity index (χ2v) is 8.96. The molecule has 0 atom stereocenters. The van der Waals surface area contributed by atoms with Gasteiger partial charge in [0.05, 0.1) is 5.69 Å². The second-order valence-electron chi connectivity index (χ2n) is 8.05. The molecular formula is C24H28BrN3O3. The Morgan fingerprint density at radius 3 is 2.71 bits per heavy atom. The van der Waals surface area contributed by atoms with Gasteiger partial charge in [-0.1, -0.05) is 46.3 Å². The van der Waals surface area contributed by atoms with E-state index in [9.17, 15) is 9.59 Å². The average molecular weight is 486 g/mol. The summed E-state index contributed by atoms with van der Waals surface area (Å²) in [6, 6.07) is 16.1. The molecule has 2 aromatic carbocycles. The highest BCUT2D eigenvalue weighted by atomic mass is 79.9. The zero-order chi connectivity index (χ0) is 21.6. The quantitative estimate of drug-likeness (QED) is 0.629. The maximum absolute atomic E-state index is 13.0. The smallest absolute Gasteiger partial charge is 0.265 e. The Hall–Kier alpha value is -2.38. The molecule has 31 heavy (non-hydrogen) atoms. The van der Waals surface area contributed by atoms with Crippen LogP contribution in [0.15, 0.2) is 53.0 Å². The van der Waals surface area contributed by atoms with Crippen molar-refractivity contribution in [1.82, 2.24) is 9.80 Å². The number of ether oxygens (including phenoxy) is 1. The Kier molecular flexibility index (Phi) is 7.25. The van der Waals surface area contributed by atoms with Gasteiger partial charge in [-0.05, 0) is 56.1 Å². The topological polar surface area (TPSA) is 53.1 Å². The highest BCUT2D eigenvalue weighted by molar-refractivity contribution is 9.10. The van der Waals surface area contributed by atoms with Crippen LogP contribution < -0.4 is 9.64 Å². The molecule has 4 rings (SSSR count). The summed E-state index contributed by atoms with van der Waals surface area (Å²) in [6.45, 7) is 4.39. The molecule has 2 aliphatic heterocycles. The largest absolute Gasteiger partial charge is 0.482 e. The minimum absolute atomic E-state index is 0.00439. The summed E-state index contributed by atoms with van der Waals surface area (Å²) in [4.78, 5) is 31.3. The van der Waals surface area contributed by atoms with Gasteiger partial charge in [0.1, 0.15) is 12.3 Å². The highest BCUT2D eigenvalue weighted by Crippen LogP contribution is 2.34. The molecule has 2 aliphatic rings. The van der Waals surface area contributed by atoms with Crippen LogP contribution in [0.3, 0.4) is 0 Å². The summed E-state index contributed by atoms with van der Waals surface area (Å²) < 4.78 is 6.41. The third kappa shape index (κ3) is 5.66. The fourth-order valence-corrected chi connectivity index (χ4v) is 4.52. The van der Waals surface area contributed by atoms with Gasteiger partial charge in [-0.3, -0.25) is 14.5 Å². The predicted molar refractivity (Wildman–Crippen MR) is 124 cm³/mol. The third-order valence-electron chi connectivity index (χ3n) is 5.88. The molecule has 2 heterocycles. The zero-order valence-corrected chi connectivity index (χ0v) is 19.2. The van der Waals surface area contributed by atoms with Crippen molar-refractivity contribution in [3.05, 3.63) is 58.6 Å². The molecule has 1 saturated heterocycles. The van der Waals surface area contributed by atoms with E-state index in [1.165, 1.54) is 5.56 Å². The lowest BCUT2D eigenvalue weighted by Gasteiger charge is -2.31. The van der Waals surface area contributed by atoms with Crippen LogP contribution in [0.4, 0.5) is 5.69 Å². The average Bonchev–Trinajstić information content (AvgIpc) is 3.02. The van der Waals surface area contributed by atoms with Crippen molar-refractivity contribution in [2.24, 2.45) is 0 Å². The van der Waals surface area contributed by atoms with Gasteiger partial charge in [-0.15, -0.1) is 0 Å². The Morgan fingerprint density at radius 1 is 1.03 bits per heavy atom. The minimum Gasteiger partial charge on any atom is -0.482 e. The molecule has 0 aliphatic carbocycles. The van der Waals surface area contributed by atoms with E-state index in [2.05, 4.69) is 45.1 Å². The van der Waals surface area contributed by atoms with Crippen LogP contribution in [0.1, 0.15) is 18.4 Å². The number of aryl methyl sites for hydroxylation is 1. The highest BCUT2D eigenvalue weighted by Gasteiger charge is 2.29. The van der Waals surface area contributed by atoms with Gasteiger partial charge >= 0.3 is 0 Å². The van der Waals surface area contributed by atoms with Gasteiger partial charge in [0.2, 0.25) is 5.91 Å². The number of amides is 2. The lowest BCUT2D eigenvalue weighted by molar-refractivity contribution is -0.131. The third-order valence-corrected chi connectivity index (χ3v) is 6.38. The van der Waals surface area contributed by atoms with Crippen molar-refractivity contribution in [3.63, 3.8) is 0 Å². The summed E-state index contributed by atoms with van der Waals surface area (Å²) in [5.41, 5.74) is 2.03. The van der Waals surface area contributed by atoms with Crippen molar-refractivity contribution < 1.29 is 14.3 Å². The number of carbonyl (C=O) groups is 2. The number of carbonyl (C=O) groups excluding carboxylic acids is 2. The van der Waals surface area contributed by atoms with E-state index >= 15 is 0 Å². The normalized spacial score (nSPS) is 17.1. The molecular weight excluding hydrogens is 458 g/mol. The zero-order valence-electron chi connectivity index (χ0n) is 17.6. The summed E-state index contributed by atoms with van der Waals surface area (Å²) >= 11 is 3.42. The number of hydrogen-bond acceptors (Lipinski definition) is 4. The van der Waals surface area contributed by atoms with Gasteiger partial charge in [-0.25, -0.2) is 0 Å². The molecule has 1 fully saturated rings. The van der Waals surface area contributed by atoms with E-state index in [0.717, 1.165) is 49.9 Å². The Balaban J connectivity index is 1.29. The Labute approximate surface area is 191 Å². The van der Waals surface area contributed by atoms with E-state index in [4.69, 9.17) is 4.74 Å². The minimum atomic E-state index is -0.180. The van der Waals surface area contributed by atoms with E-state index in [1.54, 1.807) is 4.90 Å². The number of halogens is 1. The van der Waals surface area contributed by atoms with Crippen molar-refractivity contribution in [1.29, 1.82) is 0 Å². The first-order valence-electron chi connectivity index (χ1n) is 10.9. The molecule has 6 nitrogen and oxygen atoms in total. The predicted octanol–water partition coefficient (Wildman–Crippen LogP) is 3.34. The molecule has 0 N–H and O–H groups in total. The number of anilines is 1. The number of fused-ring (bicyclic) bond motifs is 1. The van der Waals surface area contributed by atoms with Crippen LogP contribution in [0.25, 0.3) is 0 Å². The van der Waals surface area contributed by atoms with E-state index < -0.39 is 0 Å². The monoisotopic (exact) mass is 485 g/mol. The maximum Gasteiger partial charge on any atom is 0.265 e. The van der Waals surface area contributed by atoms with E-state index in [1.807, 2.05) is 29.2 Å². The van der Waals surface area contributed by atoms with Crippen LogP contribution in [-0.4, -0.2) is 67.5 Å². The molecule has 0 radical (unpaired) electrons. The lowest BCUT2D eigenvalue weighted by Crippen LogP contribution is -2.47. The molecule has 2 amide bonds. The van der Waals surface area contributed by atoms with E-state index in [-0.39, 0.29) is 25.0 Å². The molecule has 0 bridgehead atoms. The SMILES string of the molecule is O=C(CN1C(=O)COc2cc(Br)ccc21)N1CCCN(CCCc2ccccc2)CC1. The lowest BCUT2D eigenvalue weighted by atomic mass is 10.1. The molecule has 0 spiro atoms. The van der Waals surface area contributed by atoms with Crippen LogP contribution in [-0.2, 0) is 16.0 Å². The van der Waals surface area contributed by atoms with Crippen molar-refractivity contribution in [2.45, 2.75) is 19.3 Å². The van der Waals surface area contributed by atoms with Gasteiger partial charge in [0, 0.05) is 24.1 Å². The van der Waals surface area contributed by atoms with Crippen molar-refractivity contribution in [2.75, 3.05) is 50.8 Å². The van der Waals surface area contributed by atoms with Gasteiger partial charge in [0.25, 0.3) is 5.91 Å². The first-order valence-corrected chi connectivity index (χ1v) is 11.7. The number of rotatable bonds is 6. The fraction of sp³-hybridized carbons (Fsp3) is 0.417. The molecule has 0 saturated carbocycles. The van der Waals surface area contributed by atoms with Gasteiger partial charge in [0.15, 0.2) is 6.61 Å². The van der Waals surface area contributed by atoms with Crippen molar-refractivity contribution in [3.8, 4) is 5.75 Å². The van der Waals surface area contributed by atoms with Gasteiger partial charge < -0.3 is 14.5 Å². The second kappa shape index (κ2) is 10.3. The van der Waals surface area contributed by atoms with Crippen molar-refractivity contribution >= 4 is 33.4 Å².